The van der Waals surface area contributed by atoms with Crippen molar-refractivity contribution in [3.63, 3.8) is 0 Å². The van der Waals surface area contributed by atoms with Gasteiger partial charge in [-0.1, -0.05) is 42.8 Å². The Hall–Kier alpha value is -2.40. The van der Waals surface area contributed by atoms with Gasteiger partial charge in [0.1, 0.15) is 0 Å². The Morgan fingerprint density at radius 2 is 1.84 bits per heavy atom. The first-order chi connectivity index (χ1) is 12.0. The molecule has 0 fully saturated rings. The summed E-state index contributed by atoms with van der Waals surface area (Å²) in [6.45, 7) is 6.05. The summed E-state index contributed by atoms with van der Waals surface area (Å²) >= 11 is 5.46. The molecular weight excluding hydrogens is 332 g/mol. The first kappa shape index (κ1) is 18.9. The van der Waals surface area contributed by atoms with Crippen LogP contribution in [0.5, 0.6) is 0 Å². The fourth-order valence-corrected chi connectivity index (χ4v) is 2.89. The number of thiocarbonyl (C=S) groups is 1. The van der Waals surface area contributed by atoms with Crippen molar-refractivity contribution in [2.45, 2.75) is 33.2 Å². The number of carbonyl (C=O) groups is 1. The second kappa shape index (κ2) is 8.62. The molecule has 0 aliphatic carbocycles. The molecule has 0 aromatic heterocycles. The molecule has 2 rings (SSSR count). The summed E-state index contributed by atoms with van der Waals surface area (Å²) in [7, 11) is 1.38. The average Bonchev–Trinajstić information content (AvgIpc) is 2.61. The Morgan fingerprint density at radius 1 is 1.16 bits per heavy atom. The normalized spacial score (nSPS) is 11.5. The molecule has 0 aliphatic rings. The van der Waals surface area contributed by atoms with Crippen LogP contribution in [0.4, 0.5) is 5.69 Å². The number of rotatable bonds is 5. The minimum atomic E-state index is -0.355. The average molecular weight is 356 g/mol. The van der Waals surface area contributed by atoms with Crippen molar-refractivity contribution in [1.82, 2.24) is 5.32 Å². The first-order valence-corrected chi connectivity index (χ1v) is 8.69. The molecule has 0 amide bonds. The Bertz CT molecular complexity index is 757. The van der Waals surface area contributed by atoms with Gasteiger partial charge in [0.25, 0.3) is 0 Å². The van der Waals surface area contributed by atoms with Crippen LogP contribution in [0.3, 0.4) is 0 Å². The SMILES string of the molecule is CCC(NC(=S)Nc1cccc(C(=O)OC)c1C)c1ccc(C)cc1. The summed E-state index contributed by atoms with van der Waals surface area (Å²) in [4.78, 5) is 11.8. The molecule has 0 saturated carbocycles. The van der Waals surface area contributed by atoms with Gasteiger partial charge in [0, 0.05) is 5.69 Å². The molecule has 0 spiro atoms. The van der Waals surface area contributed by atoms with Crippen LogP contribution in [0.25, 0.3) is 0 Å². The predicted octanol–water partition coefficient (Wildman–Crippen LogP) is 4.53. The van der Waals surface area contributed by atoms with E-state index in [0.717, 1.165) is 17.7 Å². The van der Waals surface area contributed by atoms with Crippen molar-refractivity contribution >= 4 is 29.0 Å². The molecule has 4 nitrogen and oxygen atoms in total. The topological polar surface area (TPSA) is 50.4 Å². The number of nitrogens with one attached hydrogen (secondary N) is 2. The number of benzene rings is 2. The summed E-state index contributed by atoms with van der Waals surface area (Å²) in [5.41, 5.74) is 4.55. The van der Waals surface area contributed by atoms with Crippen LogP contribution in [-0.2, 0) is 4.74 Å². The molecule has 2 N–H and O–H groups in total. The number of carbonyl (C=O) groups excluding carboxylic acids is 1. The summed E-state index contributed by atoms with van der Waals surface area (Å²) < 4.78 is 4.81. The zero-order valence-corrected chi connectivity index (χ0v) is 15.9. The van der Waals surface area contributed by atoms with Crippen molar-refractivity contribution in [1.29, 1.82) is 0 Å². The lowest BCUT2D eigenvalue weighted by atomic mass is 10.0. The highest BCUT2D eigenvalue weighted by atomic mass is 32.1. The van der Waals surface area contributed by atoms with E-state index in [4.69, 9.17) is 17.0 Å². The van der Waals surface area contributed by atoms with Gasteiger partial charge in [-0.25, -0.2) is 4.79 Å². The molecule has 2 aromatic rings. The van der Waals surface area contributed by atoms with Gasteiger partial charge in [0.05, 0.1) is 18.7 Å². The van der Waals surface area contributed by atoms with Gasteiger partial charge in [-0.15, -0.1) is 0 Å². The Balaban J connectivity index is 2.11. The third-order valence-corrected chi connectivity index (χ3v) is 4.40. The monoisotopic (exact) mass is 356 g/mol. The van der Waals surface area contributed by atoms with Crippen LogP contribution >= 0.6 is 12.2 Å². The molecule has 0 saturated heterocycles. The van der Waals surface area contributed by atoms with E-state index < -0.39 is 0 Å². The van der Waals surface area contributed by atoms with E-state index in [2.05, 4.69) is 48.7 Å². The maximum absolute atomic E-state index is 11.8. The summed E-state index contributed by atoms with van der Waals surface area (Å²) in [6, 6.07) is 14.0. The highest BCUT2D eigenvalue weighted by Gasteiger charge is 2.14. The van der Waals surface area contributed by atoms with Crippen LogP contribution in [0.1, 0.15) is 46.4 Å². The highest BCUT2D eigenvalue weighted by Crippen LogP contribution is 2.21. The molecule has 1 atom stereocenters. The van der Waals surface area contributed by atoms with Gasteiger partial charge >= 0.3 is 5.97 Å². The number of hydrogen-bond acceptors (Lipinski definition) is 3. The van der Waals surface area contributed by atoms with Crippen LogP contribution in [0.2, 0.25) is 0 Å². The smallest absolute Gasteiger partial charge is 0.338 e. The molecule has 0 aliphatic heterocycles. The quantitative estimate of drug-likeness (QED) is 0.609. The van der Waals surface area contributed by atoms with Crippen LogP contribution in [-0.4, -0.2) is 18.2 Å². The van der Waals surface area contributed by atoms with Crippen molar-refractivity contribution in [2.75, 3.05) is 12.4 Å². The number of esters is 1. The number of methoxy groups -OCH3 is 1. The third-order valence-electron chi connectivity index (χ3n) is 4.18. The second-order valence-electron chi connectivity index (χ2n) is 5.94. The van der Waals surface area contributed by atoms with Gasteiger partial charge in [-0.2, -0.15) is 0 Å². The molecule has 132 valence electrons. The summed E-state index contributed by atoms with van der Waals surface area (Å²) in [5.74, 6) is -0.355. The molecule has 0 radical (unpaired) electrons. The van der Waals surface area contributed by atoms with E-state index in [1.165, 1.54) is 18.2 Å². The van der Waals surface area contributed by atoms with Crippen molar-refractivity contribution in [2.24, 2.45) is 0 Å². The van der Waals surface area contributed by atoms with Crippen molar-refractivity contribution < 1.29 is 9.53 Å². The molecule has 1 unspecified atom stereocenters. The lowest BCUT2D eigenvalue weighted by molar-refractivity contribution is 0.0600. The largest absolute Gasteiger partial charge is 0.465 e. The Labute approximate surface area is 154 Å². The number of anilines is 1. The zero-order valence-electron chi connectivity index (χ0n) is 15.1. The molecule has 25 heavy (non-hydrogen) atoms. The number of hydrogen-bond donors (Lipinski definition) is 2. The van der Waals surface area contributed by atoms with E-state index in [0.29, 0.717) is 10.7 Å². The van der Waals surface area contributed by atoms with E-state index in [1.54, 1.807) is 6.07 Å². The predicted molar refractivity (Wildman–Crippen MR) is 106 cm³/mol. The lowest BCUT2D eigenvalue weighted by Crippen LogP contribution is -2.32. The molecular formula is C20H24N2O2S. The van der Waals surface area contributed by atoms with Crippen LogP contribution in [0.15, 0.2) is 42.5 Å². The standard InChI is InChI=1S/C20H24N2O2S/c1-5-17(15-11-9-13(2)10-12-15)21-20(25)22-18-8-6-7-16(14(18)3)19(23)24-4/h6-12,17H,5H2,1-4H3,(H2,21,22,25). The van der Waals surface area contributed by atoms with E-state index in [9.17, 15) is 4.79 Å². The van der Waals surface area contributed by atoms with Crippen LogP contribution < -0.4 is 10.6 Å². The minimum absolute atomic E-state index is 0.129. The Morgan fingerprint density at radius 3 is 2.44 bits per heavy atom. The van der Waals surface area contributed by atoms with Crippen molar-refractivity contribution in [3.8, 4) is 0 Å². The molecule has 0 bridgehead atoms. The highest BCUT2D eigenvalue weighted by molar-refractivity contribution is 7.80. The van der Waals surface area contributed by atoms with E-state index in [1.807, 2.05) is 19.1 Å². The molecule has 5 heteroatoms. The fourth-order valence-electron chi connectivity index (χ4n) is 2.64. The van der Waals surface area contributed by atoms with Gasteiger partial charge in [0.2, 0.25) is 0 Å². The minimum Gasteiger partial charge on any atom is -0.465 e. The second-order valence-corrected chi connectivity index (χ2v) is 6.35. The zero-order chi connectivity index (χ0) is 18.4. The fraction of sp³-hybridized carbons (Fsp3) is 0.300. The third kappa shape index (κ3) is 4.79. The lowest BCUT2D eigenvalue weighted by Gasteiger charge is -2.21. The van der Waals surface area contributed by atoms with Crippen molar-refractivity contribution in [3.05, 3.63) is 64.7 Å². The maximum atomic E-state index is 11.8. The first-order valence-electron chi connectivity index (χ1n) is 8.28. The van der Waals surface area contributed by atoms with Gasteiger partial charge in [-0.05, 0) is 55.7 Å². The van der Waals surface area contributed by atoms with Gasteiger partial charge in [0.15, 0.2) is 5.11 Å². The number of ether oxygens (including phenoxy) is 1. The Kier molecular flexibility index (Phi) is 6.53. The number of aryl methyl sites for hydroxylation is 1. The maximum Gasteiger partial charge on any atom is 0.338 e. The summed E-state index contributed by atoms with van der Waals surface area (Å²) in [5, 5.41) is 7.06. The van der Waals surface area contributed by atoms with E-state index in [-0.39, 0.29) is 12.0 Å². The van der Waals surface area contributed by atoms with Crippen LogP contribution in [0, 0.1) is 13.8 Å². The molecule has 2 aromatic carbocycles. The summed E-state index contributed by atoms with van der Waals surface area (Å²) in [6.07, 6.45) is 0.909. The van der Waals surface area contributed by atoms with Gasteiger partial charge in [-0.3, -0.25) is 0 Å². The van der Waals surface area contributed by atoms with Gasteiger partial charge < -0.3 is 15.4 Å². The molecule has 0 heterocycles. The van der Waals surface area contributed by atoms with E-state index >= 15 is 0 Å².